The summed E-state index contributed by atoms with van der Waals surface area (Å²) < 4.78 is 11.1. The van der Waals surface area contributed by atoms with Gasteiger partial charge >= 0.3 is 0 Å². The zero-order chi connectivity index (χ0) is 20.2. The van der Waals surface area contributed by atoms with Crippen LogP contribution in [0.25, 0.3) is 5.57 Å². The molecule has 0 spiro atoms. The van der Waals surface area contributed by atoms with Gasteiger partial charge in [0.1, 0.15) is 0 Å². The van der Waals surface area contributed by atoms with Gasteiger partial charge in [-0.2, -0.15) is 0 Å². The molecule has 0 heterocycles. The molecule has 0 unspecified atom stereocenters. The van der Waals surface area contributed by atoms with Crippen LogP contribution in [0.4, 0.5) is 0 Å². The number of benzene rings is 3. The second-order valence-corrected chi connectivity index (χ2v) is 7.70. The van der Waals surface area contributed by atoms with Crippen molar-refractivity contribution in [1.29, 1.82) is 0 Å². The molecule has 4 rings (SSSR count). The first-order chi connectivity index (χ1) is 14.2. The fraction of sp³-hybridized carbons (Fsp3) is 0.259. The number of ether oxygens (including phenoxy) is 2. The third-order valence-corrected chi connectivity index (χ3v) is 5.80. The Morgan fingerprint density at radius 3 is 2.31 bits per heavy atom. The maximum absolute atomic E-state index is 5.66. The number of methoxy groups -OCH3 is 2. The number of allylic oxidation sites excluding steroid dienone is 2. The molecule has 1 aliphatic rings. The molecule has 0 fully saturated rings. The van der Waals surface area contributed by atoms with Gasteiger partial charge in [-0.05, 0) is 60.1 Å². The summed E-state index contributed by atoms with van der Waals surface area (Å²) in [6.45, 7) is 2.14. The van der Waals surface area contributed by atoms with Crippen molar-refractivity contribution < 1.29 is 9.47 Å². The Morgan fingerprint density at radius 1 is 0.793 bits per heavy atom. The highest BCUT2D eigenvalue weighted by Crippen LogP contribution is 2.38. The molecule has 0 bridgehead atoms. The van der Waals surface area contributed by atoms with Crippen LogP contribution in [-0.4, -0.2) is 14.2 Å². The van der Waals surface area contributed by atoms with Crippen LogP contribution in [0.5, 0.6) is 11.5 Å². The van der Waals surface area contributed by atoms with E-state index in [1.165, 1.54) is 39.0 Å². The van der Waals surface area contributed by atoms with Crippen molar-refractivity contribution in [2.45, 2.75) is 32.6 Å². The first-order valence-corrected chi connectivity index (χ1v) is 10.2. The molecule has 0 saturated carbocycles. The molecular weight excluding hydrogens is 356 g/mol. The zero-order valence-corrected chi connectivity index (χ0v) is 17.5. The van der Waals surface area contributed by atoms with Gasteiger partial charge in [-0.1, -0.05) is 66.2 Å². The van der Waals surface area contributed by atoms with Crippen LogP contribution in [0.1, 0.15) is 33.4 Å². The molecule has 0 aliphatic heterocycles. The van der Waals surface area contributed by atoms with Crippen LogP contribution >= 0.6 is 0 Å². The monoisotopic (exact) mass is 384 g/mol. The molecule has 2 heteroatoms. The zero-order valence-electron chi connectivity index (χ0n) is 17.5. The van der Waals surface area contributed by atoms with E-state index < -0.39 is 0 Å². The summed E-state index contributed by atoms with van der Waals surface area (Å²) in [6.07, 6.45) is 6.36. The molecule has 0 saturated heterocycles. The van der Waals surface area contributed by atoms with E-state index in [2.05, 4.69) is 61.5 Å². The maximum Gasteiger partial charge on any atom is 0.164 e. The van der Waals surface area contributed by atoms with E-state index in [0.29, 0.717) is 0 Å². The minimum absolute atomic E-state index is 0.788. The van der Waals surface area contributed by atoms with Crippen molar-refractivity contribution in [3.63, 3.8) is 0 Å². The predicted octanol–water partition coefficient (Wildman–Crippen LogP) is 5.98. The highest BCUT2D eigenvalue weighted by molar-refractivity contribution is 5.77. The topological polar surface area (TPSA) is 18.5 Å². The molecule has 0 amide bonds. The van der Waals surface area contributed by atoms with Crippen molar-refractivity contribution in [3.8, 4) is 11.5 Å². The van der Waals surface area contributed by atoms with Gasteiger partial charge in [-0.3, -0.25) is 0 Å². The Hall–Kier alpha value is -3.00. The van der Waals surface area contributed by atoms with E-state index in [1.807, 2.05) is 12.1 Å². The SMILES string of the molecule is COc1cccc(CC2=CCc3cccc(CCc4ccc(C)cc4)c32)c1OC. The van der Waals surface area contributed by atoms with Crippen LogP contribution in [0.2, 0.25) is 0 Å². The molecular formula is C27H28O2. The van der Waals surface area contributed by atoms with E-state index in [-0.39, 0.29) is 0 Å². The molecule has 3 aromatic rings. The minimum Gasteiger partial charge on any atom is -0.493 e. The first-order valence-electron chi connectivity index (χ1n) is 10.2. The van der Waals surface area contributed by atoms with Gasteiger partial charge in [0.25, 0.3) is 0 Å². The lowest BCUT2D eigenvalue weighted by molar-refractivity contribution is 0.352. The van der Waals surface area contributed by atoms with Gasteiger partial charge in [-0.25, -0.2) is 0 Å². The van der Waals surface area contributed by atoms with Crippen molar-refractivity contribution in [3.05, 3.63) is 100 Å². The Morgan fingerprint density at radius 2 is 1.55 bits per heavy atom. The number of hydrogen-bond donors (Lipinski definition) is 0. The van der Waals surface area contributed by atoms with E-state index in [1.54, 1.807) is 14.2 Å². The molecule has 148 valence electrons. The summed E-state index contributed by atoms with van der Waals surface area (Å²) >= 11 is 0. The van der Waals surface area contributed by atoms with E-state index in [4.69, 9.17) is 9.47 Å². The van der Waals surface area contributed by atoms with Crippen molar-refractivity contribution in [2.75, 3.05) is 14.2 Å². The van der Waals surface area contributed by atoms with Gasteiger partial charge in [-0.15, -0.1) is 0 Å². The van der Waals surface area contributed by atoms with Gasteiger partial charge in [0.2, 0.25) is 0 Å². The molecule has 1 aliphatic carbocycles. The summed E-state index contributed by atoms with van der Waals surface area (Å²) in [7, 11) is 3.40. The summed E-state index contributed by atoms with van der Waals surface area (Å²) in [5.41, 5.74) is 9.57. The Balaban J connectivity index is 1.59. The number of hydrogen-bond acceptors (Lipinski definition) is 2. The molecule has 0 atom stereocenters. The molecule has 3 aromatic carbocycles. The van der Waals surface area contributed by atoms with Gasteiger partial charge in [0.15, 0.2) is 11.5 Å². The summed E-state index contributed by atoms with van der Waals surface area (Å²) in [5, 5.41) is 0. The maximum atomic E-state index is 5.66. The number of para-hydroxylation sites is 1. The largest absolute Gasteiger partial charge is 0.493 e. The Labute approximate surface area is 173 Å². The normalized spacial score (nSPS) is 12.4. The van der Waals surface area contributed by atoms with Crippen molar-refractivity contribution >= 4 is 5.57 Å². The molecule has 29 heavy (non-hydrogen) atoms. The minimum atomic E-state index is 0.788. The summed E-state index contributed by atoms with van der Waals surface area (Å²) in [4.78, 5) is 0. The quantitative estimate of drug-likeness (QED) is 0.499. The predicted molar refractivity (Wildman–Crippen MR) is 120 cm³/mol. The third-order valence-electron chi connectivity index (χ3n) is 5.80. The van der Waals surface area contributed by atoms with Crippen LogP contribution in [0.3, 0.4) is 0 Å². The van der Waals surface area contributed by atoms with Gasteiger partial charge in [0.05, 0.1) is 14.2 Å². The fourth-order valence-electron chi connectivity index (χ4n) is 4.27. The lowest BCUT2D eigenvalue weighted by Crippen LogP contribution is -2.01. The molecule has 2 nitrogen and oxygen atoms in total. The molecule has 0 radical (unpaired) electrons. The van der Waals surface area contributed by atoms with E-state index >= 15 is 0 Å². The Kier molecular flexibility index (Phi) is 5.71. The number of fused-ring (bicyclic) bond motifs is 1. The van der Waals surface area contributed by atoms with Crippen molar-refractivity contribution in [1.82, 2.24) is 0 Å². The average molecular weight is 385 g/mol. The lowest BCUT2D eigenvalue weighted by Gasteiger charge is -2.16. The third kappa shape index (κ3) is 4.07. The first kappa shape index (κ1) is 19.3. The summed E-state index contributed by atoms with van der Waals surface area (Å²) in [6, 6.07) is 21.8. The van der Waals surface area contributed by atoms with Crippen molar-refractivity contribution in [2.24, 2.45) is 0 Å². The smallest absolute Gasteiger partial charge is 0.164 e. The van der Waals surface area contributed by atoms with E-state index in [9.17, 15) is 0 Å². The number of aryl methyl sites for hydroxylation is 3. The van der Waals surface area contributed by atoms with Gasteiger partial charge < -0.3 is 9.47 Å². The average Bonchev–Trinajstić information content (AvgIpc) is 3.16. The highest BCUT2D eigenvalue weighted by Gasteiger charge is 2.20. The van der Waals surface area contributed by atoms with Crippen LogP contribution in [0.15, 0.2) is 66.7 Å². The highest BCUT2D eigenvalue weighted by atomic mass is 16.5. The van der Waals surface area contributed by atoms with Crippen LogP contribution in [-0.2, 0) is 25.7 Å². The van der Waals surface area contributed by atoms with Gasteiger partial charge in [0, 0.05) is 12.0 Å². The fourth-order valence-corrected chi connectivity index (χ4v) is 4.27. The second kappa shape index (κ2) is 8.57. The molecule has 0 N–H and O–H groups in total. The second-order valence-electron chi connectivity index (χ2n) is 7.70. The standard InChI is InChI=1S/C27H28O2/c1-19-10-12-20(13-11-19)14-15-21-6-4-7-22-16-17-23(26(21)22)18-24-8-5-9-25(28-2)27(24)29-3/h4-13,17H,14-16,18H2,1-3H3. The lowest BCUT2D eigenvalue weighted by atomic mass is 9.91. The van der Waals surface area contributed by atoms with E-state index in [0.717, 1.165) is 37.2 Å². The molecule has 0 aromatic heterocycles. The van der Waals surface area contributed by atoms with Crippen LogP contribution < -0.4 is 9.47 Å². The Bertz CT molecular complexity index is 1030. The van der Waals surface area contributed by atoms with Crippen LogP contribution in [0, 0.1) is 6.92 Å². The number of rotatable bonds is 7. The summed E-state index contributed by atoms with van der Waals surface area (Å²) in [5.74, 6) is 1.62.